The Bertz CT molecular complexity index is 478. The van der Waals surface area contributed by atoms with E-state index in [1.807, 2.05) is 0 Å². The molecule has 3 N–H and O–H groups in total. The molecule has 0 aromatic heterocycles. The number of nitrogens with two attached hydrogens (primary N) is 1. The van der Waals surface area contributed by atoms with Gasteiger partial charge in [0.25, 0.3) is 5.91 Å². The fraction of sp³-hybridized carbons (Fsp3) is 0.562. The van der Waals surface area contributed by atoms with E-state index in [9.17, 15) is 4.79 Å². The number of nitrogens with one attached hydrogen (secondary N) is 1. The molecule has 1 aromatic rings. The second-order valence-corrected chi connectivity index (χ2v) is 5.45. The lowest BCUT2D eigenvalue weighted by Gasteiger charge is -2.20. The summed E-state index contributed by atoms with van der Waals surface area (Å²) in [5.41, 5.74) is 6.16. The van der Waals surface area contributed by atoms with Gasteiger partial charge in [0.2, 0.25) is 5.75 Å². The van der Waals surface area contributed by atoms with Gasteiger partial charge in [-0.05, 0) is 24.5 Å². The van der Waals surface area contributed by atoms with Crippen LogP contribution >= 0.6 is 0 Å². The van der Waals surface area contributed by atoms with Crippen LogP contribution in [0.15, 0.2) is 12.1 Å². The van der Waals surface area contributed by atoms with E-state index in [1.54, 1.807) is 12.1 Å². The van der Waals surface area contributed by atoms with E-state index in [0.29, 0.717) is 35.3 Å². The van der Waals surface area contributed by atoms with Gasteiger partial charge in [0.05, 0.1) is 21.3 Å². The highest BCUT2D eigenvalue weighted by atomic mass is 16.5. The minimum Gasteiger partial charge on any atom is -0.493 e. The van der Waals surface area contributed by atoms with Crippen molar-refractivity contribution in [3.63, 3.8) is 0 Å². The van der Waals surface area contributed by atoms with Crippen LogP contribution in [0.2, 0.25) is 0 Å². The van der Waals surface area contributed by atoms with Crippen molar-refractivity contribution in [2.75, 3.05) is 27.9 Å². The fourth-order valence-electron chi connectivity index (χ4n) is 2.26. The molecule has 0 saturated carbocycles. The third-order valence-corrected chi connectivity index (χ3v) is 3.30. The predicted molar refractivity (Wildman–Crippen MR) is 85.9 cm³/mol. The zero-order chi connectivity index (χ0) is 16.7. The van der Waals surface area contributed by atoms with Crippen LogP contribution in [-0.2, 0) is 0 Å². The Hall–Kier alpha value is -1.95. The molecular formula is C16H26N2O4. The molecule has 0 aliphatic heterocycles. The molecule has 22 heavy (non-hydrogen) atoms. The highest BCUT2D eigenvalue weighted by Gasteiger charge is 2.19. The zero-order valence-corrected chi connectivity index (χ0v) is 13.9. The molecule has 0 spiro atoms. The molecule has 1 rings (SSSR count). The van der Waals surface area contributed by atoms with Crippen molar-refractivity contribution >= 4 is 5.91 Å². The molecule has 1 atom stereocenters. The average molecular weight is 310 g/mol. The monoisotopic (exact) mass is 310 g/mol. The number of hydrogen-bond acceptors (Lipinski definition) is 5. The predicted octanol–water partition coefficient (Wildman–Crippen LogP) is 1.82. The molecule has 6 nitrogen and oxygen atoms in total. The van der Waals surface area contributed by atoms with Crippen LogP contribution in [-0.4, -0.2) is 39.8 Å². The second kappa shape index (κ2) is 8.48. The van der Waals surface area contributed by atoms with Gasteiger partial charge in [-0.25, -0.2) is 0 Å². The molecule has 124 valence electrons. The van der Waals surface area contributed by atoms with Crippen LogP contribution in [0, 0.1) is 5.92 Å². The number of benzene rings is 1. The number of amides is 1. The van der Waals surface area contributed by atoms with Crippen molar-refractivity contribution < 1.29 is 19.0 Å². The van der Waals surface area contributed by atoms with Crippen molar-refractivity contribution in [2.24, 2.45) is 11.7 Å². The number of hydrogen-bond donors (Lipinski definition) is 2. The maximum absolute atomic E-state index is 12.4. The summed E-state index contributed by atoms with van der Waals surface area (Å²) >= 11 is 0. The highest BCUT2D eigenvalue weighted by molar-refractivity contribution is 5.95. The Morgan fingerprint density at radius 1 is 1.14 bits per heavy atom. The highest BCUT2D eigenvalue weighted by Crippen LogP contribution is 2.38. The van der Waals surface area contributed by atoms with Crippen LogP contribution < -0.4 is 25.3 Å². The normalized spacial score (nSPS) is 12.0. The number of carbonyl (C=O) groups is 1. The largest absolute Gasteiger partial charge is 0.493 e. The SMILES string of the molecule is COc1cc(C(=O)NC(CN)CC(C)C)cc(OC)c1OC. The third kappa shape index (κ3) is 4.53. The van der Waals surface area contributed by atoms with Crippen molar-refractivity contribution in [2.45, 2.75) is 26.3 Å². The lowest BCUT2D eigenvalue weighted by Crippen LogP contribution is -2.41. The summed E-state index contributed by atoms with van der Waals surface area (Å²) in [6.07, 6.45) is 0.826. The topological polar surface area (TPSA) is 82.8 Å². The molecule has 1 amide bonds. The van der Waals surface area contributed by atoms with Crippen molar-refractivity contribution in [1.82, 2.24) is 5.32 Å². The van der Waals surface area contributed by atoms with Crippen LogP contribution in [0.5, 0.6) is 17.2 Å². The lowest BCUT2D eigenvalue weighted by molar-refractivity contribution is 0.0933. The average Bonchev–Trinajstić information content (AvgIpc) is 2.51. The van der Waals surface area contributed by atoms with Crippen molar-refractivity contribution in [3.05, 3.63) is 17.7 Å². The van der Waals surface area contributed by atoms with Gasteiger partial charge in [-0.3, -0.25) is 4.79 Å². The van der Waals surface area contributed by atoms with Crippen LogP contribution in [0.4, 0.5) is 0 Å². The standard InChI is InChI=1S/C16H26N2O4/c1-10(2)6-12(9-17)18-16(19)11-7-13(20-3)15(22-5)14(8-11)21-4/h7-8,10,12H,6,9,17H2,1-5H3,(H,18,19). The number of rotatable bonds is 8. The van der Waals surface area contributed by atoms with Crippen molar-refractivity contribution in [3.8, 4) is 17.2 Å². The Balaban J connectivity index is 3.02. The summed E-state index contributed by atoms with van der Waals surface area (Å²) in [5, 5.41) is 2.94. The first-order valence-corrected chi connectivity index (χ1v) is 7.27. The Morgan fingerprint density at radius 2 is 1.68 bits per heavy atom. The molecule has 0 heterocycles. The first kappa shape index (κ1) is 18.1. The summed E-state index contributed by atoms with van der Waals surface area (Å²) in [7, 11) is 4.55. The van der Waals surface area contributed by atoms with Gasteiger partial charge in [0.1, 0.15) is 0 Å². The van der Waals surface area contributed by atoms with E-state index >= 15 is 0 Å². The third-order valence-electron chi connectivity index (χ3n) is 3.30. The van der Waals surface area contributed by atoms with Gasteiger partial charge >= 0.3 is 0 Å². The van der Waals surface area contributed by atoms with Gasteiger partial charge in [-0.2, -0.15) is 0 Å². The van der Waals surface area contributed by atoms with Gasteiger partial charge in [-0.15, -0.1) is 0 Å². The molecule has 0 saturated heterocycles. The van der Waals surface area contributed by atoms with Crippen LogP contribution in [0.25, 0.3) is 0 Å². The molecular weight excluding hydrogens is 284 g/mol. The zero-order valence-electron chi connectivity index (χ0n) is 13.9. The molecule has 0 fully saturated rings. The van der Waals surface area contributed by atoms with E-state index in [0.717, 1.165) is 6.42 Å². The first-order chi connectivity index (χ1) is 10.5. The molecule has 1 unspecified atom stereocenters. The van der Waals surface area contributed by atoms with Gasteiger partial charge in [0.15, 0.2) is 11.5 Å². The smallest absolute Gasteiger partial charge is 0.251 e. The summed E-state index contributed by atoms with van der Waals surface area (Å²) in [6, 6.07) is 3.19. The van der Waals surface area contributed by atoms with E-state index in [4.69, 9.17) is 19.9 Å². The molecule has 6 heteroatoms. The minimum atomic E-state index is -0.213. The van der Waals surface area contributed by atoms with Gasteiger partial charge in [-0.1, -0.05) is 13.8 Å². The second-order valence-electron chi connectivity index (χ2n) is 5.45. The van der Waals surface area contributed by atoms with E-state index in [1.165, 1.54) is 21.3 Å². The van der Waals surface area contributed by atoms with Gasteiger partial charge < -0.3 is 25.3 Å². The molecule has 0 aliphatic carbocycles. The summed E-state index contributed by atoms with van der Waals surface area (Å²) < 4.78 is 15.8. The molecule has 0 aliphatic rings. The summed E-state index contributed by atoms with van der Waals surface area (Å²) in [4.78, 5) is 12.4. The number of ether oxygens (including phenoxy) is 3. The molecule has 1 aromatic carbocycles. The van der Waals surface area contributed by atoms with Gasteiger partial charge in [0, 0.05) is 18.2 Å². The number of carbonyl (C=O) groups excluding carboxylic acids is 1. The Kier molecular flexibility index (Phi) is 6.98. The lowest BCUT2D eigenvalue weighted by atomic mass is 10.0. The summed E-state index contributed by atoms with van der Waals surface area (Å²) in [6.45, 7) is 4.58. The quantitative estimate of drug-likeness (QED) is 0.765. The van der Waals surface area contributed by atoms with Crippen LogP contribution in [0.3, 0.4) is 0 Å². The minimum absolute atomic E-state index is 0.0633. The van der Waals surface area contributed by atoms with E-state index in [-0.39, 0.29) is 11.9 Å². The van der Waals surface area contributed by atoms with Crippen LogP contribution in [0.1, 0.15) is 30.6 Å². The number of methoxy groups -OCH3 is 3. The Morgan fingerprint density at radius 3 is 2.05 bits per heavy atom. The van der Waals surface area contributed by atoms with E-state index in [2.05, 4.69) is 19.2 Å². The Labute approximate surface area is 131 Å². The maximum Gasteiger partial charge on any atom is 0.251 e. The van der Waals surface area contributed by atoms with E-state index < -0.39 is 0 Å². The summed E-state index contributed by atoms with van der Waals surface area (Å²) in [5.74, 6) is 1.59. The molecule has 0 radical (unpaired) electrons. The first-order valence-electron chi connectivity index (χ1n) is 7.27. The maximum atomic E-state index is 12.4. The van der Waals surface area contributed by atoms with Crippen molar-refractivity contribution in [1.29, 1.82) is 0 Å². The fourth-order valence-corrected chi connectivity index (χ4v) is 2.26. The molecule has 0 bridgehead atoms.